The summed E-state index contributed by atoms with van der Waals surface area (Å²) in [6.07, 6.45) is 1.12. The van der Waals surface area contributed by atoms with Crippen molar-refractivity contribution >= 4 is 23.3 Å². The molecule has 3 heterocycles. The van der Waals surface area contributed by atoms with Crippen molar-refractivity contribution < 1.29 is 29.2 Å². The van der Waals surface area contributed by atoms with Crippen LogP contribution in [0.15, 0.2) is 71.0 Å². The molecule has 1 N–H and O–H groups in total. The Balaban J connectivity index is 1.30. The van der Waals surface area contributed by atoms with Gasteiger partial charge in [-0.1, -0.05) is 35.5 Å². The number of amides is 1. The molecule has 192 valence electrons. The molecule has 0 radical (unpaired) electrons. The molecule has 3 aliphatic heterocycles. The number of hydrogen-bond acceptors (Lipinski definition) is 8. The molecule has 1 saturated heterocycles. The van der Waals surface area contributed by atoms with Crippen molar-refractivity contribution in [2.75, 3.05) is 0 Å². The number of ether oxygens (including phenoxy) is 1. The van der Waals surface area contributed by atoms with Crippen molar-refractivity contribution in [3.63, 3.8) is 0 Å². The number of aliphatic hydroxyl groups excluding tert-OH is 1. The first kappa shape index (κ1) is 24.6. The maximum atomic E-state index is 13.2. The van der Waals surface area contributed by atoms with Crippen molar-refractivity contribution in [2.45, 2.75) is 57.5 Å². The van der Waals surface area contributed by atoms with E-state index < -0.39 is 29.0 Å². The maximum absolute atomic E-state index is 13.2. The Hall–Kier alpha value is -4.05. The van der Waals surface area contributed by atoms with Gasteiger partial charge >= 0.3 is 5.97 Å². The highest BCUT2D eigenvalue weighted by Crippen LogP contribution is 2.46. The second-order valence-corrected chi connectivity index (χ2v) is 9.56. The molecule has 0 saturated carbocycles. The number of oxime groups is 1. The van der Waals surface area contributed by atoms with Crippen LogP contribution < -0.4 is 0 Å². The first-order valence-electron chi connectivity index (χ1n) is 12.2. The summed E-state index contributed by atoms with van der Waals surface area (Å²) in [5, 5.41) is 25.2. The average molecular weight is 506 g/mol. The second kappa shape index (κ2) is 10.1. The van der Waals surface area contributed by atoms with Crippen LogP contribution >= 0.6 is 0 Å². The van der Waals surface area contributed by atoms with Crippen LogP contribution in [0.25, 0.3) is 0 Å². The zero-order valence-electron chi connectivity index (χ0n) is 20.3. The third-order valence-electron chi connectivity index (χ3n) is 7.14. The van der Waals surface area contributed by atoms with Crippen LogP contribution in [0, 0.1) is 16.0 Å². The van der Waals surface area contributed by atoms with Gasteiger partial charge in [-0.05, 0) is 49.4 Å². The minimum absolute atomic E-state index is 0.0597. The maximum Gasteiger partial charge on any atom is 0.355 e. The largest absolute Gasteiger partial charge is 0.456 e. The predicted molar refractivity (Wildman–Crippen MR) is 132 cm³/mol. The minimum Gasteiger partial charge on any atom is -0.456 e. The number of carbonyl (C=O) groups excluding carboxylic acids is 2. The van der Waals surface area contributed by atoms with Gasteiger partial charge < -0.3 is 19.6 Å². The Morgan fingerprint density at radius 3 is 2.57 bits per heavy atom. The smallest absolute Gasteiger partial charge is 0.355 e. The summed E-state index contributed by atoms with van der Waals surface area (Å²) in [5.74, 6) is -1.58. The molecule has 0 aliphatic carbocycles. The van der Waals surface area contributed by atoms with Gasteiger partial charge in [-0.2, -0.15) is 0 Å². The van der Waals surface area contributed by atoms with Crippen LogP contribution in [-0.2, 0) is 32.2 Å². The van der Waals surface area contributed by atoms with Gasteiger partial charge in [0.25, 0.3) is 5.69 Å². The number of esters is 1. The van der Waals surface area contributed by atoms with Gasteiger partial charge in [-0.15, -0.1) is 0 Å². The van der Waals surface area contributed by atoms with E-state index in [1.807, 2.05) is 18.2 Å². The molecule has 0 unspecified atom stereocenters. The van der Waals surface area contributed by atoms with Gasteiger partial charge in [-0.25, -0.2) is 4.79 Å². The van der Waals surface area contributed by atoms with Crippen LogP contribution in [0.1, 0.15) is 37.3 Å². The van der Waals surface area contributed by atoms with E-state index in [0.717, 1.165) is 18.6 Å². The fourth-order valence-electron chi connectivity index (χ4n) is 5.20. The van der Waals surface area contributed by atoms with Crippen molar-refractivity contribution in [3.8, 4) is 0 Å². The van der Waals surface area contributed by atoms with E-state index in [-0.39, 0.29) is 29.9 Å². The highest BCUT2D eigenvalue weighted by atomic mass is 16.6. The summed E-state index contributed by atoms with van der Waals surface area (Å²) in [5.41, 5.74) is 3.39. The van der Waals surface area contributed by atoms with Gasteiger partial charge in [0.1, 0.15) is 12.3 Å². The Bertz CT molecular complexity index is 1270. The SMILES string of the molecule is C[C@@H](O)[C@H]1C(=O)N2C(C(=O)OCc3ccc([N+](=O)[O-])cc3)=C([C@H]3CC(CCc4ccccc4)=NO3)C[C@H]12. The Morgan fingerprint density at radius 1 is 1.16 bits per heavy atom. The van der Waals surface area contributed by atoms with E-state index in [2.05, 4.69) is 17.3 Å². The van der Waals surface area contributed by atoms with Crippen LogP contribution in [-0.4, -0.2) is 50.8 Å². The quantitative estimate of drug-likeness (QED) is 0.239. The Labute approximate surface area is 213 Å². The molecule has 0 spiro atoms. The van der Waals surface area contributed by atoms with E-state index in [0.29, 0.717) is 24.0 Å². The molecule has 1 amide bonds. The first-order valence-corrected chi connectivity index (χ1v) is 12.2. The van der Waals surface area contributed by atoms with E-state index in [1.54, 1.807) is 6.92 Å². The summed E-state index contributed by atoms with van der Waals surface area (Å²) in [6, 6.07) is 15.4. The van der Waals surface area contributed by atoms with Crippen LogP contribution in [0.2, 0.25) is 0 Å². The summed E-state index contributed by atoms with van der Waals surface area (Å²) >= 11 is 0. The molecular formula is C27H27N3O7. The number of non-ortho nitro benzene ring substituents is 1. The first-order chi connectivity index (χ1) is 17.8. The Kier molecular flexibility index (Phi) is 6.75. The van der Waals surface area contributed by atoms with Crippen LogP contribution in [0.5, 0.6) is 0 Å². The number of nitrogens with zero attached hydrogens (tertiary/aromatic N) is 3. The highest BCUT2D eigenvalue weighted by Gasteiger charge is 2.58. The molecule has 2 aromatic rings. The number of aryl methyl sites for hydroxylation is 1. The molecule has 10 heteroatoms. The standard InChI is InChI=1S/C27H27N3O7/c1-16(31)24-22-14-21(23-13-19(28-37-23)10-7-17-5-3-2-4-6-17)25(29(22)26(24)32)27(33)36-15-18-8-11-20(12-9-18)30(34)35/h2-6,8-9,11-12,16,22-24,31H,7,10,13-15H2,1H3/t16-,22-,23-,24-/m1/s1. The normalized spacial score (nSPS) is 23.2. The van der Waals surface area contributed by atoms with Gasteiger partial charge in [0, 0.05) is 24.1 Å². The summed E-state index contributed by atoms with van der Waals surface area (Å²) in [6.45, 7) is 1.46. The van der Waals surface area contributed by atoms with E-state index in [4.69, 9.17) is 9.57 Å². The van der Waals surface area contributed by atoms with Crippen molar-refractivity contribution in [3.05, 3.63) is 87.1 Å². The summed E-state index contributed by atoms with van der Waals surface area (Å²) in [7, 11) is 0. The lowest BCUT2D eigenvalue weighted by atomic mass is 9.82. The highest BCUT2D eigenvalue weighted by molar-refractivity contribution is 6.01. The molecule has 1 fully saturated rings. The van der Waals surface area contributed by atoms with E-state index >= 15 is 0 Å². The van der Waals surface area contributed by atoms with Gasteiger partial charge in [0.2, 0.25) is 5.91 Å². The van der Waals surface area contributed by atoms with Crippen molar-refractivity contribution in [1.29, 1.82) is 0 Å². The number of carbonyl (C=O) groups is 2. The van der Waals surface area contributed by atoms with Gasteiger partial charge in [-0.3, -0.25) is 14.9 Å². The van der Waals surface area contributed by atoms with Crippen molar-refractivity contribution in [2.24, 2.45) is 11.1 Å². The molecule has 37 heavy (non-hydrogen) atoms. The fraction of sp³-hybridized carbons (Fsp3) is 0.370. The van der Waals surface area contributed by atoms with E-state index in [9.17, 15) is 24.8 Å². The molecule has 2 aromatic carbocycles. The second-order valence-electron chi connectivity index (χ2n) is 9.56. The molecular weight excluding hydrogens is 478 g/mol. The monoisotopic (exact) mass is 505 g/mol. The zero-order chi connectivity index (χ0) is 26.1. The minimum atomic E-state index is -0.840. The number of rotatable bonds is 9. The number of β-lactam (4-membered cyclic amide) rings is 1. The topological polar surface area (TPSA) is 132 Å². The lowest BCUT2D eigenvalue weighted by Crippen LogP contribution is -2.61. The predicted octanol–water partition coefficient (Wildman–Crippen LogP) is 3.28. The lowest BCUT2D eigenvalue weighted by Gasteiger charge is -2.44. The average Bonchev–Trinajstić information content (AvgIpc) is 3.49. The summed E-state index contributed by atoms with van der Waals surface area (Å²) in [4.78, 5) is 43.6. The summed E-state index contributed by atoms with van der Waals surface area (Å²) < 4.78 is 5.52. The molecule has 0 bridgehead atoms. The molecule has 3 aliphatic rings. The molecule has 10 nitrogen and oxygen atoms in total. The van der Waals surface area contributed by atoms with Gasteiger partial charge in [0.05, 0.1) is 28.7 Å². The molecule has 5 rings (SSSR count). The van der Waals surface area contributed by atoms with E-state index in [1.165, 1.54) is 34.7 Å². The zero-order valence-corrected chi connectivity index (χ0v) is 20.3. The number of benzene rings is 2. The number of hydrogen-bond donors (Lipinski definition) is 1. The lowest BCUT2D eigenvalue weighted by molar-refractivity contribution is -0.384. The van der Waals surface area contributed by atoms with Crippen molar-refractivity contribution in [1.82, 2.24) is 4.90 Å². The molecule has 0 aromatic heterocycles. The third kappa shape index (κ3) is 4.84. The number of nitro benzene ring substituents is 1. The number of aliphatic hydroxyl groups is 1. The van der Waals surface area contributed by atoms with Crippen LogP contribution in [0.3, 0.4) is 0 Å². The van der Waals surface area contributed by atoms with Crippen LogP contribution in [0.4, 0.5) is 5.69 Å². The molecule has 4 atom stereocenters. The Morgan fingerprint density at radius 2 is 1.89 bits per heavy atom. The third-order valence-corrected chi connectivity index (χ3v) is 7.14. The number of fused-ring (bicyclic) bond motifs is 1. The number of nitro groups is 1. The fourth-order valence-corrected chi connectivity index (χ4v) is 5.20. The van der Waals surface area contributed by atoms with Gasteiger partial charge in [0.15, 0.2) is 6.10 Å².